The predicted octanol–water partition coefficient (Wildman–Crippen LogP) is 6.45. The second-order valence-electron chi connectivity index (χ2n) is 10.5. The molecule has 0 aromatic rings. The van der Waals surface area contributed by atoms with Gasteiger partial charge in [0.15, 0.2) is 5.78 Å². The fourth-order valence-corrected chi connectivity index (χ4v) is 7.46. The summed E-state index contributed by atoms with van der Waals surface area (Å²) in [5.74, 6) is 3.03. The van der Waals surface area contributed by atoms with Crippen LogP contribution in [0.3, 0.4) is 0 Å². The first-order valence-corrected chi connectivity index (χ1v) is 11.9. The van der Waals surface area contributed by atoms with Gasteiger partial charge < -0.3 is 0 Å². The quantitative estimate of drug-likeness (QED) is 0.495. The summed E-state index contributed by atoms with van der Waals surface area (Å²) in [6.07, 6.45) is 19.1. The van der Waals surface area contributed by atoms with Crippen molar-refractivity contribution in [3.05, 3.63) is 23.8 Å². The van der Waals surface area contributed by atoms with Crippen molar-refractivity contribution in [1.29, 1.82) is 0 Å². The molecule has 0 radical (unpaired) electrons. The number of carbonyl (C=O) groups is 2. The zero-order valence-corrected chi connectivity index (χ0v) is 18.1. The molecule has 6 atom stereocenters. The highest BCUT2D eigenvalue weighted by molar-refractivity contribution is 6.01. The van der Waals surface area contributed by atoms with E-state index in [4.69, 9.17) is 0 Å². The van der Waals surface area contributed by atoms with Crippen LogP contribution in [0.1, 0.15) is 91.4 Å². The van der Waals surface area contributed by atoms with Crippen molar-refractivity contribution >= 4 is 11.6 Å². The summed E-state index contributed by atoms with van der Waals surface area (Å²) in [4.78, 5) is 24.9. The SMILES string of the molecule is CCCCCCC[C@@H]1C[C@@H]2[C@H](CC[C@]3(C)C(=O)CC[C@@H]23)[C@@]2(C)C=CC(=O)C=C12. The summed E-state index contributed by atoms with van der Waals surface area (Å²) in [5.41, 5.74) is 1.38. The summed E-state index contributed by atoms with van der Waals surface area (Å²) < 4.78 is 0. The molecule has 3 fully saturated rings. The normalized spacial score (nSPS) is 42.0. The average molecular weight is 383 g/mol. The van der Waals surface area contributed by atoms with Crippen molar-refractivity contribution < 1.29 is 9.59 Å². The Morgan fingerprint density at radius 3 is 2.61 bits per heavy atom. The van der Waals surface area contributed by atoms with Crippen LogP contribution in [0.2, 0.25) is 0 Å². The van der Waals surface area contributed by atoms with E-state index < -0.39 is 0 Å². The van der Waals surface area contributed by atoms with Gasteiger partial charge in [0.1, 0.15) is 5.78 Å². The Kier molecular flexibility index (Phi) is 5.44. The number of unbranched alkanes of at least 4 members (excludes halogenated alkanes) is 4. The first kappa shape index (κ1) is 20.1. The molecule has 4 aliphatic rings. The van der Waals surface area contributed by atoms with Gasteiger partial charge in [0.05, 0.1) is 0 Å². The van der Waals surface area contributed by atoms with E-state index in [1.54, 1.807) is 0 Å². The zero-order chi connectivity index (χ0) is 19.9. The standard InChI is InChI=1S/C26H38O2/c1-4-5-6-7-8-9-18-16-20-21-10-11-24(28)26(21,3)15-13-22(20)25(2)14-12-19(27)17-23(18)25/h12,14,17-18,20-22H,4-11,13,15-16H2,1-3H3/t18-,20+,21+,22+,25-,26+/m1/s1. The van der Waals surface area contributed by atoms with Crippen molar-refractivity contribution in [2.24, 2.45) is 34.5 Å². The van der Waals surface area contributed by atoms with E-state index in [0.29, 0.717) is 29.5 Å². The molecule has 0 amide bonds. The van der Waals surface area contributed by atoms with E-state index >= 15 is 0 Å². The molecule has 28 heavy (non-hydrogen) atoms. The number of allylic oxidation sites excluding steroid dienone is 4. The third kappa shape index (κ3) is 3.15. The third-order valence-corrected chi connectivity index (χ3v) is 9.08. The maximum atomic E-state index is 12.7. The predicted molar refractivity (Wildman–Crippen MR) is 114 cm³/mol. The van der Waals surface area contributed by atoms with Crippen molar-refractivity contribution in [2.45, 2.75) is 91.4 Å². The minimum atomic E-state index is -0.0708. The van der Waals surface area contributed by atoms with E-state index in [0.717, 1.165) is 25.7 Å². The van der Waals surface area contributed by atoms with E-state index in [1.165, 1.54) is 50.5 Å². The molecule has 4 rings (SSSR count). The van der Waals surface area contributed by atoms with Gasteiger partial charge in [0.2, 0.25) is 0 Å². The molecule has 154 valence electrons. The second-order valence-corrected chi connectivity index (χ2v) is 10.5. The van der Waals surface area contributed by atoms with Crippen LogP contribution in [0.4, 0.5) is 0 Å². The maximum Gasteiger partial charge on any atom is 0.178 e. The van der Waals surface area contributed by atoms with Crippen LogP contribution in [-0.2, 0) is 9.59 Å². The van der Waals surface area contributed by atoms with Gasteiger partial charge in [-0.1, -0.05) is 64.5 Å². The van der Waals surface area contributed by atoms with Gasteiger partial charge in [0.25, 0.3) is 0 Å². The molecule has 2 heteroatoms. The Hall–Kier alpha value is -1.18. The lowest BCUT2D eigenvalue weighted by Gasteiger charge is -2.57. The van der Waals surface area contributed by atoms with Crippen LogP contribution in [0.25, 0.3) is 0 Å². The summed E-state index contributed by atoms with van der Waals surface area (Å²) in [7, 11) is 0. The molecule has 4 aliphatic carbocycles. The fraction of sp³-hybridized carbons (Fsp3) is 0.769. The van der Waals surface area contributed by atoms with Gasteiger partial charge in [-0.2, -0.15) is 0 Å². The largest absolute Gasteiger partial charge is 0.299 e. The molecule has 0 aliphatic heterocycles. The Balaban J connectivity index is 1.59. The number of hydrogen-bond donors (Lipinski definition) is 0. The van der Waals surface area contributed by atoms with Crippen molar-refractivity contribution in [3.8, 4) is 0 Å². The lowest BCUT2D eigenvalue weighted by atomic mass is 9.46. The molecule has 0 heterocycles. The molecule has 2 nitrogen and oxygen atoms in total. The first-order chi connectivity index (χ1) is 13.4. The van der Waals surface area contributed by atoms with E-state index in [1.807, 2.05) is 12.2 Å². The maximum absolute atomic E-state index is 12.7. The van der Waals surface area contributed by atoms with Crippen LogP contribution in [0.5, 0.6) is 0 Å². The van der Waals surface area contributed by atoms with Gasteiger partial charge in [-0.05, 0) is 67.9 Å². The summed E-state index contributed by atoms with van der Waals surface area (Å²) in [5, 5.41) is 0. The zero-order valence-electron chi connectivity index (χ0n) is 18.1. The Morgan fingerprint density at radius 1 is 1.04 bits per heavy atom. The molecular formula is C26H38O2. The van der Waals surface area contributed by atoms with Crippen LogP contribution in [0, 0.1) is 34.5 Å². The first-order valence-electron chi connectivity index (χ1n) is 11.9. The average Bonchev–Trinajstić information content (AvgIpc) is 2.98. The minimum absolute atomic E-state index is 0.0257. The Bertz CT molecular complexity index is 701. The molecule has 0 unspecified atom stereocenters. The number of rotatable bonds is 6. The van der Waals surface area contributed by atoms with Crippen LogP contribution in [-0.4, -0.2) is 11.6 Å². The monoisotopic (exact) mass is 382 g/mol. The lowest BCUT2D eigenvalue weighted by molar-refractivity contribution is -0.132. The van der Waals surface area contributed by atoms with Gasteiger partial charge in [-0.15, -0.1) is 0 Å². The number of carbonyl (C=O) groups excluding carboxylic acids is 2. The molecule has 0 N–H and O–H groups in total. The van der Waals surface area contributed by atoms with Crippen LogP contribution < -0.4 is 0 Å². The summed E-state index contributed by atoms with van der Waals surface area (Å²) in [6.45, 7) is 6.92. The second kappa shape index (κ2) is 7.58. The fourth-order valence-electron chi connectivity index (χ4n) is 7.46. The van der Waals surface area contributed by atoms with Gasteiger partial charge in [-0.25, -0.2) is 0 Å². The smallest absolute Gasteiger partial charge is 0.178 e. The van der Waals surface area contributed by atoms with Crippen molar-refractivity contribution in [3.63, 3.8) is 0 Å². The van der Waals surface area contributed by atoms with Gasteiger partial charge >= 0.3 is 0 Å². The van der Waals surface area contributed by atoms with Crippen LogP contribution in [0.15, 0.2) is 23.8 Å². The topological polar surface area (TPSA) is 34.1 Å². The lowest BCUT2D eigenvalue weighted by Crippen LogP contribution is -2.51. The third-order valence-electron chi connectivity index (χ3n) is 9.08. The molecular weight excluding hydrogens is 344 g/mol. The van der Waals surface area contributed by atoms with E-state index in [-0.39, 0.29) is 16.6 Å². The minimum Gasteiger partial charge on any atom is -0.299 e. The Morgan fingerprint density at radius 2 is 1.82 bits per heavy atom. The van der Waals surface area contributed by atoms with Crippen molar-refractivity contribution in [2.75, 3.05) is 0 Å². The molecule has 0 aromatic carbocycles. The summed E-state index contributed by atoms with van der Waals surface area (Å²) in [6, 6.07) is 0. The number of hydrogen-bond acceptors (Lipinski definition) is 2. The van der Waals surface area contributed by atoms with Crippen molar-refractivity contribution in [1.82, 2.24) is 0 Å². The van der Waals surface area contributed by atoms with Gasteiger partial charge in [-0.3, -0.25) is 9.59 Å². The molecule has 0 saturated heterocycles. The molecule has 3 saturated carbocycles. The Labute approximate surface area is 171 Å². The van der Waals surface area contributed by atoms with Crippen LogP contribution >= 0.6 is 0 Å². The highest BCUT2D eigenvalue weighted by Crippen LogP contribution is 2.65. The highest BCUT2D eigenvalue weighted by atomic mass is 16.1. The highest BCUT2D eigenvalue weighted by Gasteiger charge is 2.59. The molecule has 0 aromatic heterocycles. The van der Waals surface area contributed by atoms with E-state index in [2.05, 4.69) is 26.8 Å². The number of Topliss-reactive ketones (excluding diaryl/α,β-unsaturated/α-hetero) is 1. The van der Waals surface area contributed by atoms with Gasteiger partial charge in [0, 0.05) is 17.3 Å². The number of ketones is 2. The van der Waals surface area contributed by atoms with E-state index in [9.17, 15) is 9.59 Å². The number of fused-ring (bicyclic) bond motifs is 5. The summed E-state index contributed by atoms with van der Waals surface area (Å²) >= 11 is 0. The molecule has 0 spiro atoms. The molecule has 0 bridgehead atoms.